The predicted molar refractivity (Wildman–Crippen MR) is 102 cm³/mol. The molecule has 1 fully saturated rings. The largest absolute Gasteiger partial charge is 0.416 e. The molecule has 7 nitrogen and oxygen atoms in total. The Morgan fingerprint density at radius 1 is 1.25 bits per heavy atom. The van der Waals surface area contributed by atoms with Crippen LogP contribution in [0.2, 0.25) is 0 Å². The number of hydrogen-bond donors (Lipinski definition) is 3. The van der Waals surface area contributed by atoms with Crippen molar-refractivity contribution in [3.63, 3.8) is 0 Å². The Balaban J connectivity index is 1.76. The SMILES string of the molecule is CN=C(NCCNS(C)(=O)=O)NC1CCN(Cc2ccc(C(F)(F)F)cc2)C1. The molecule has 0 amide bonds. The number of guanidine groups is 1. The fraction of sp³-hybridized carbons (Fsp3) is 0.588. The third-order valence-electron chi connectivity index (χ3n) is 4.31. The first-order chi connectivity index (χ1) is 13.1. The number of benzene rings is 1. The van der Waals surface area contributed by atoms with Crippen molar-refractivity contribution < 1.29 is 21.6 Å². The molecule has 1 aliphatic heterocycles. The molecule has 0 radical (unpaired) electrons. The van der Waals surface area contributed by atoms with Crippen LogP contribution in [0.4, 0.5) is 13.2 Å². The quantitative estimate of drug-likeness (QED) is 0.347. The van der Waals surface area contributed by atoms with Crippen LogP contribution in [0.15, 0.2) is 29.3 Å². The summed E-state index contributed by atoms with van der Waals surface area (Å²) in [5, 5.41) is 6.32. The zero-order chi connectivity index (χ0) is 20.8. The van der Waals surface area contributed by atoms with Crippen molar-refractivity contribution in [2.75, 3.05) is 39.5 Å². The average molecular weight is 421 g/mol. The summed E-state index contributed by atoms with van der Waals surface area (Å²) in [7, 11) is -1.59. The lowest BCUT2D eigenvalue weighted by atomic mass is 10.1. The van der Waals surface area contributed by atoms with E-state index in [9.17, 15) is 21.6 Å². The third kappa shape index (κ3) is 7.64. The number of alkyl halides is 3. The van der Waals surface area contributed by atoms with Gasteiger partial charge in [0.1, 0.15) is 0 Å². The number of aliphatic imine (C=N–C) groups is 1. The van der Waals surface area contributed by atoms with Gasteiger partial charge in [0.05, 0.1) is 11.8 Å². The molecule has 28 heavy (non-hydrogen) atoms. The Labute approximate surface area is 163 Å². The molecule has 1 saturated heterocycles. The summed E-state index contributed by atoms with van der Waals surface area (Å²) >= 11 is 0. The summed E-state index contributed by atoms with van der Waals surface area (Å²) in [6.07, 6.45) is -2.34. The monoisotopic (exact) mass is 421 g/mol. The lowest BCUT2D eigenvalue weighted by Gasteiger charge is -2.19. The zero-order valence-corrected chi connectivity index (χ0v) is 16.7. The molecule has 0 bridgehead atoms. The second-order valence-corrected chi connectivity index (χ2v) is 8.56. The van der Waals surface area contributed by atoms with E-state index in [0.29, 0.717) is 19.0 Å². The molecule has 0 saturated carbocycles. The summed E-state index contributed by atoms with van der Waals surface area (Å²) in [6.45, 7) is 2.80. The van der Waals surface area contributed by atoms with E-state index in [-0.39, 0.29) is 12.6 Å². The van der Waals surface area contributed by atoms with Gasteiger partial charge in [-0.15, -0.1) is 0 Å². The highest BCUT2D eigenvalue weighted by Crippen LogP contribution is 2.29. The molecular formula is C17H26F3N5O2S. The Morgan fingerprint density at radius 2 is 1.93 bits per heavy atom. The minimum atomic E-state index is -4.32. The van der Waals surface area contributed by atoms with Gasteiger partial charge in [0.15, 0.2) is 5.96 Å². The number of likely N-dealkylation sites (tertiary alicyclic amines) is 1. The topological polar surface area (TPSA) is 85.8 Å². The molecule has 1 heterocycles. The minimum Gasteiger partial charge on any atom is -0.355 e. The maximum Gasteiger partial charge on any atom is 0.416 e. The third-order valence-corrected chi connectivity index (χ3v) is 5.03. The smallest absolute Gasteiger partial charge is 0.355 e. The number of rotatable bonds is 7. The van der Waals surface area contributed by atoms with Gasteiger partial charge in [-0.3, -0.25) is 9.89 Å². The molecule has 3 N–H and O–H groups in total. The molecule has 2 rings (SSSR count). The number of sulfonamides is 1. The lowest BCUT2D eigenvalue weighted by molar-refractivity contribution is -0.137. The normalized spacial score (nSPS) is 19.0. The van der Waals surface area contributed by atoms with Gasteiger partial charge in [-0.25, -0.2) is 13.1 Å². The Hall–Kier alpha value is -1.85. The van der Waals surface area contributed by atoms with Crippen LogP contribution in [0, 0.1) is 0 Å². The van der Waals surface area contributed by atoms with Crippen LogP contribution in [0.1, 0.15) is 17.5 Å². The van der Waals surface area contributed by atoms with Gasteiger partial charge >= 0.3 is 6.18 Å². The van der Waals surface area contributed by atoms with E-state index < -0.39 is 21.8 Å². The first-order valence-electron chi connectivity index (χ1n) is 8.87. The van der Waals surface area contributed by atoms with Gasteiger partial charge in [-0.2, -0.15) is 13.2 Å². The van der Waals surface area contributed by atoms with E-state index in [2.05, 4.69) is 25.2 Å². The van der Waals surface area contributed by atoms with Crippen LogP contribution >= 0.6 is 0 Å². The number of nitrogens with zero attached hydrogens (tertiary/aromatic N) is 2. The molecular weight excluding hydrogens is 395 g/mol. The Kier molecular flexibility index (Phi) is 7.67. The lowest BCUT2D eigenvalue weighted by Crippen LogP contribution is -2.46. The molecule has 1 aliphatic rings. The summed E-state index contributed by atoms with van der Waals surface area (Å²) in [6, 6.07) is 5.40. The highest BCUT2D eigenvalue weighted by molar-refractivity contribution is 7.88. The summed E-state index contributed by atoms with van der Waals surface area (Å²) in [5.41, 5.74) is 0.195. The van der Waals surface area contributed by atoms with Gasteiger partial charge in [0, 0.05) is 45.8 Å². The van der Waals surface area contributed by atoms with Crippen molar-refractivity contribution in [3.05, 3.63) is 35.4 Å². The van der Waals surface area contributed by atoms with Crippen molar-refractivity contribution in [3.8, 4) is 0 Å². The molecule has 0 aromatic heterocycles. The van der Waals surface area contributed by atoms with Gasteiger partial charge in [-0.1, -0.05) is 12.1 Å². The fourth-order valence-electron chi connectivity index (χ4n) is 2.96. The van der Waals surface area contributed by atoms with Crippen LogP contribution in [0.3, 0.4) is 0 Å². The second kappa shape index (κ2) is 9.57. The van der Waals surface area contributed by atoms with Gasteiger partial charge in [0.25, 0.3) is 0 Å². The maximum absolute atomic E-state index is 12.6. The second-order valence-electron chi connectivity index (χ2n) is 6.73. The highest BCUT2D eigenvalue weighted by Gasteiger charge is 2.30. The van der Waals surface area contributed by atoms with E-state index in [0.717, 1.165) is 43.5 Å². The van der Waals surface area contributed by atoms with E-state index in [4.69, 9.17) is 0 Å². The van der Waals surface area contributed by atoms with E-state index in [1.54, 1.807) is 7.05 Å². The van der Waals surface area contributed by atoms with E-state index in [1.807, 2.05) is 0 Å². The van der Waals surface area contributed by atoms with Crippen LogP contribution in [0.5, 0.6) is 0 Å². The van der Waals surface area contributed by atoms with Crippen molar-refractivity contribution in [1.82, 2.24) is 20.3 Å². The van der Waals surface area contributed by atoms with E-state index >= 15 is 0 Å². The first kappa shape index (κ1) is 22.4. The van der Waals surface area contributed by atoms with Crippen LogP contribution in [-0.2, 0) is 22.7 Å². The van der Waals surface area contributed by atoms with Crippen molar-refractivity contribution in [2.24, 2.45) is 4.99 Å². The van der Waals surface area contributed by atoms with Crippen molar-refractivity contribution in [2.45, 2.75) is 25.2 Å². The Bertz CT molecular complexity index is 766. The zero-order valence-electron chi connectivity index (χ0n) is 15.9. The van der Waals surface area contributed by atoms with Crippen molar-refractivity contribution in [1.29, 1.82) is 0 Å². The maximum atomic E-state index is 12.6. The van der Waals surface area contributed by atoms with Gasteiger partial charge < -0.3 is 10.6 Å². The summed E-state index contributed by atoms with van der Waals surface area (Å²) in [4.78, 5) is 6.28. The molecule has 11 heteroatoms. The highest BCUT2D eigenvalue weighted by atomic mass is 32.2. The van der Waals surface area contributed by atoms with Crippen LogP contribution in [-0.4, -0.2) is 64.8 Å². The molecule has 1 aromatic rings. The average Bonchev–Trinajstić information content (AvgIpc) is 3.03. The fourth-order valence-corrected chi connectivity index (χ4v) is 3.43. The van der Waals surface area contributed by atoms with Crippen molar-refractivity contribution >= 4 is 16.0 Å². The first-order valence-corrected chi connectivity index (χ1v) is 10.8. The standard InChI is InChI=1S/C17H26F3N5O2S/c1-21-16(22-8-9-23-28(2,26)27)24-15-7-10-25(12-15)11-13-3-5-14(6-4-13)17(18,19)20/h3-6,15,23H,7-12H2,1-2H3,(H2,21,22,24). The predicted octanol–water partition coefficient (Wildman–Crippen LogP) is 0.994. The number of halogens is 3. The Morgan fingerprint density at radius 3 is 2.50 bits per heavy atom. The summed E-state index contributed by atoms with van der Waals surface area (Å²) < 4.78 is 62.3. The molecule has 0 spiro atoms. The minimum absolute atomic E-state index is 0.156. The van der Waals surface area contributed by atoms with Gasteiger partial charge in [-0.05, 0) is 24.1 Å². The molecule has 158 valence electrons. The molecule has 0 aliphatic carbocycles. The van der Waals surface area contributed by atoms with Crippen LogP contribution in [0.25, 0.3) is 0 Å². The number of hydrogen-bond acceptors (Lipinski definition) is 4. The molecule has 1 unspecified atom stereocenters. The molecule has 1 atom stereocenters. The molecule has 1 aromatic carbocycles. The summed E-state index contributed by atoms with van der Waals surface area (Å²) in [5.74, 6) is 0.580. The number of nitrogens with one attached hydrogen (secondary N) is 3. The van der Waals surface area contributed by atoms with Gasteiger partial charge in [0.2, 0.25) is 10.0 Å². The van der Waals surface area contributed by atoms with E-state index in [1.165, 1.54) is 12.1 Å². The van der Waals surface area contributed by atoms with Crippen LogP contribution < -0.4 is 15.4 Å².